The SMILES string of the molecule is O=C(NC1CC1)c1cccc([C@@H](CO)NC(=O)c2ccc(-c3ccncc3)cc2)c1. The normalized spacial score (nSPS) is 14.0. The van der Waals surface area contributed by atoms with Crippen molar-refractivity contribution in [1.29, 1.82) is 0 Å². The summed E-state index contributed by atoms with van der Waals surface area (Å²) in [5.74, 6) is -0.419. The molecule has 0 radical (unpaired) electrons. The van der Waals surface area contributed by atoms with Crippen molar-refractivity contribution in [3.63, 3.8) is 0 Å². The van der Waals surface area contributed by atoms with E-state index in [2.05, 4.69) is 15.6 Å². The zero-order valence-corrected chi connectivity index (χ0v) is 16.4. The summed E-state index contributed by atoms with van der Waals surface area (Å²) in [4.78, 5) is 29.0. The number of nitrogens with one attached hydrogen (secondary N) is 2. The van der Waals surface area contributed by atoms with Gasteiger partial charge in [0.05, 0.1) is 12.6 Å². The lowest BCUT2D eigenvalue weighted by molar-refractivity contribution is 0.0916. The number of nitrogens with zero attached hydrogens (tertiary/aromatic N) is 1. The van der Waals surface area contributed by atoms with Crippen molar-refractivity contribution >= 4 is 11.8 Å². The van der Waals surface area contributed by atoms with E-state index in [0.717, 1.165) is 24.0 Å². The molecule has 0 unspecified atom stereocenters. The number of carbonyl (C=O) groups is 2. The van der Waals surface area contributed by atoms with Crippen LogP contribution in [0.2, 0.25) is 0 Å². The van der Waals surface area contributed by atoms with Gasteiger partial charge in [-0.3, -0.25) is 14.6 Å². The molecule has 1 atom stereocenters. The second-order valence-corrected chi connectivity index (χ2v) is 7.40. The van der Waals surface area contributed by atoms with Gasteiger partial charge in [-0.2, -0.15) is 0 Å². The van der Waals surface area contributed by atoms with Crippen molar-refractivity contribution in [3.8, 4) is 11.1 Å². The van der Waals surface area contributed by atoms with Crippen LogP contribution < -0.4 is 10.6 Å². The van der Waals surface area contributed by atoms with E-state index in [1.165, 1.54) is 0 Å². The molecule has 2 amide bonds. The van der Waals surface area contributed by atoms with Crippen LogP contribution in [0.1, 0.15) is 45.2 Å². The Morgan fingerprint density at radius 1 is 0.933 bits per heavy atom. The number of aliphatic hydroxyl groups is 1. The van der Waals surface area contributed by atoms with Crippen LogP contribution in [0.5, 0.6) is 0 Å². The molecule has 4 rings (SSSR count). The predicted octanol–water partition coefficient (Wildman–Crippen LogP) is 3.10. The topological polar surface area (TPSA) is 91.3 Å². The van der Waals surface area contributed by atoms with Crippen LogP contribution in [-0.4, -0.2) is 34.6 Å². The van der Waals surface area contributed by atoms with Crippen LogP contribution in [0, 0.1) is 0 Å². The first kappa shape index (κ1) is 19.8. The summed E-state index contributed by atoms with van der Waals surface area (Å²) in [6, 6.07) is 17.7. The second-order valence-electron chi connectivity index (χ2n) is 7.40. The summed E-state index contributed by atoms with van der Waals surface area (Å²) in [6.07, 6.45) is 5.48. The van der Waals surface area contributed by atoms with Gasteiger partial charge in [0.25, 0.3) is 11.8 Å². The van der Waals surface area contributed by atoms with Gasteiger partial charge >= 0.3 is 0 Å². The molecule has 6 nitrogen and oxygen atoms in total. The maximum atomic E-state index is 12.7. The number of aromatic nitrogens is 1. The molecule has 0 saturated heterocycles. The molecule has 0 aliphatic heterocycles. The molecule has 1 aromatic heterocycles. The molecule has 1 aliphatic carbocycles. The lowest BCUT2D eigenvalue weighted by atomic mass is 10.0. The fraction of sp³-hybridized carbons (Fsp3) is 0.208. The third kappa shape index (κ3) is 4.72. The van der Waals surface area contributed by atoms with Crippen LogP contribution in [0.15, 0.2) is 73.1 Å². The Labute approximate surface area is 175 Å². The number of pyridine rings is 1. The first-order chi connectivity index (χ1) is 14.6. The Morgan fingerprint density at radius 2 is 1.63 bits per heavy atom. The van der Waals surface area contributed by atoms with Gasteiger partial charge in [-0.15, -0.1) is 0 Å². The minimum atomic E-state index is -0.606. The van der Waals surface area contributed by atoms with Gasteiger partial charge in [-0.05, 0) is 65.9 Å². The maximum absolute atomic E-state index is 12.7. The van der Waals surface area contributed by atoms with Crippen molar-refractivity contribution in [2.24, 2.45) is 0 Å². The van der Waals surface area contributed by atoms with Crippen molar-refractivity contribution in [2.75, 3.05) is 6.61 Å². The predicted molar refractivity (Wildman–Crippen MR) is 114 cm³/mol. The third-order valence-electron chi connectivity index (χ3n) is 5.11. The highest BCUT2D eigenvalue weighted by atomic mass is 16.3. The third-order valence-corrected chi connectivity index (χ3v) is 5.11. The number of hydrogen-bond acceptors (Lipinski definition) is 4. The van der Waals surface area contributed by atoms with E-state index in [0.29, 0.717) is 16.7 Å². The van der Waals surface area contributed by atoms with E-state index in [-0.39, 0.29) is 24.5 Å². The Bertz CT molecular complexity index is 1030. The Balaban J connectivity index is 1.45. The maximum Gasteiger partial charge on any atom is 0.251 e. The number of rotatable bonds is 7. The van der Waals surface area contributed by atoms with Crippen LogP contribution in [0.3, 0.4) is 0 Å². The van der Waals surface area contributed by atoms with Gasteiger partial charge in [0.2, 0.25) is 0 Å². The van der Waals surface area contributed by atoms with E-state index >= 15 is 0 Å². The van der Waals surface area contributed by atoms with Gasteiger partial charge < -0.3 is 15.7 Å². The van der Waals surface area contributed by atoms with E-state index < -0.39 is 6.04 Å². The summed E-state index contributed by atoms with van der Waals surface area (Å²) >= 11 is 0. The first-order valence-corrected chi connectivity index (χ1v) is 9.97. The van der Waals surface area contributed by atoms with Crippen molar-refractivity contribution in [3.05, 3.63) is 89.7 Å². The van der Waals surface area contributed by atoms with Gasteiger partial charge in [0.15, 0.2) is 0 Å². The molecule has 1 heterocycles. The fourth-order valence-corrected chi connectivity index (χ4v) is 3.23. The molecule has 6 heteroatoms. The zero-order chi connectivity index (χ0) is 20.9. The number of aliphatic hydroxyl groups excluding tert-OH is 1. The van der Waals surface area contributed by atoms with E-state index in [1.807, 2.05) is 24.3 Å². The lowest BCUT2D eigenvalue weighted by Gasteiger charge is -2.18. The summed E-state index contributed by atoms with van der Waals surface area (Å²) in [5, 5.41) is 15.6. The highest BCUT2D eigenvalue weighted by Gasteiger charge is 2.24. The highest BCUT2D eigenvalue weighted by Crippen LogP contribution is 2.21. The number of hydrogen-bond donors (Lipinski definition) is 3. The molecule has 0 spiro atoms. The van der Waals surface area contributed by atoms with Gasteiger partial charge in [0, 0.05) is 29.6 Å². The summed E-state index contributed by atoms with van der Waals surface area (Å²) in [6.45, 7) is -0.269. The number of amides is 2. The molecule has 3 N–H and O–H groups in total. The van der Waals surface area contributed by atoms with Crippen molar-refractivity contribution in [2.45, 2.75) is 24.9 Å². The molecule has 0 bridgehead atoms. The number of benzene rings is 2. The standard InChI is InChI=1S/C24H23N3O3/c28-15-22(19-2-1-3-20(14-19)24(30)26-21-8-9-21)27-23(29)18-6-4-16(5-7-18)17-10-12-25-13-11-17/h1-7,10-14,21-22,28H,8-9,15H2,(H,26,30)(H,27,29)/t22-/m1/s1. The van der Waals surface area contributed by atoms with Crippen LogP contribution in [0.4, 0.5) is 0 Å². The summed E-state index contributed by atoms with van der Waals surface area (Å²) in [7, 11) is 0. The average Bonchev–Trinajstić information content (AvgIpc) is 3.62. The Kier molecular flexibility index (Phi) is 5.86. The van der Waals surface area contributed by atoms with Gasteiger partial charge in [-0.25, -0.2) is 0 Å². The molecule has 3 aromatic rings. The summed E-state index contributed by atoms with van der Waals surface area (Å²) in [5.41, 5.74) is 3.71. The Hall–Kier alpha value is -3.51. The van der Waals surface area contributed by atoms with Gasteiger partial charge in [-0.1, -0.05) is 24.3 Å². The van der Waals surface area contributed by atoms with Gasteiger partial charge in [0.1, 0.15) is 0 Å². The largest absolute Gasteiger partial charge is 0.394 e. The molecular formula is C24H23N3O3. The average molecular weight is 401 g/mol. The van der Waals surface area contributed by atoms with Crippen LogP contribution >= 0.6 is 0 Å². The van der Waals surface area contributed by atoms with Crippen molar-refractivity contribution < 1.29 is 14.7 Å². The quantitative estimate of drug-likeness (QED) is 0.567. The van der Waals surface area contributed by atoms with E-state index in [1.54, 1.807) is 48.8 Å². The highest BCUT2D eigenvalue weighted by molar-refractivity contribution is 5.96. The Morgan fingerprint density at radius 3 is 2.30 bits per heavy atom. The number of carbonyl (C=O) groups excluding carboxylic acids is 2. The second kappa shape index (κ2) is 8.88. The van der Waals surface area contributed by atoms with Crippen LogP contribution in [0.25, 0.3) is 11.1 Å². The minimum Gasteiger partial charge on any atom is -0.394 e. The zero-order valence-electron chi connectivity index (χ0n) is 16.4. The molecule has 2 aromatic carbocycles. The van der Waals surface area contributed by atoms with E-state index in [4.69, 9.17) is 0 Å². The molecule has 30 heavy (non-hydrogen) atoms. The molecule has 1 fully saturated rings. The fourth-order valence-electron chi connectivity index (χ4n) is 3.23. The van der Waals surface area contributed by atoms with E-state index in [9.17, 15) is 14.7 Å². The summed E-state index contributed by atoms with van der Waals surface area (Å²) < 4.78 is 0. The molecular weight excluding hydrogens is 378 g/mol. The van der Waals surface area contributed by atoms with Crippen LogP contribution in [-0.2, 0) is 0 Å². The lowest BCUT2D eigenvalue weighted by Crippen LogP contribution is -2.31. The first-order valence-electron chi connectivity index (χ1n) is 9.97. The monoisotopic (exact) mass is 401 g/mol. The molecule has 1 saturated carbocycles. The van der Waals surface area contributed by atoms with Crippen molar-refractivity contribution in [1.82, 2.24) is 15.6 Å². The molecule has 152 valence electrons. The smallest absolute Gasteiger partial charge is 0.251 e. The molecule has 1 aliphatic rings. The minimum absolute atomic E-state index is 0.130.